The molecule has 1 heterocycles. The van der Waals surface area contributed by atoms with Crippen molar-refractivity contribution in [3.05, 3.63) is 65.9 Å². The molecule has 0 radical (unpaired) electrons. The van der Waals surface area contributed by atoms with E-state index in [4.69, 9.17) is 0 Å². The van der Waals surface area contributed by atoms with Crippen LogP contribution in [0.1, 0.15) is 11.1 Å². The van der Waals surface area contributed by atoms with E-state index in [-0.39, 0.29) is 0 Å². The molecule has 0 aliphatic rings. The maximum absolute atomic E-state index is 2.23. The highest BCUT2D eigenvalue weighted by atomic mass is 32.2. The SMILES string of the molecule is Cc1cn(C)c2cccc(SCc3ccccc3)c12. The number of hydrogen-bond acceptors (Lipinski definition) is 1. The highest BCUT2D eigenvalue weighted by molar-refractivity contribution is 7.98. The van der Waals surface area contributed by atoms with Gasteiger partial charge in [-0.3, -0.25) is 0 Å². The number of benzene rings is 2. The molecule has 19 heavy (non-hydrogen) atoms. The molecule has 1 nitrogen and oxygen atoms in total. The van der Waals surface area contributed by atoms with Gasteiger partial charge in [-0.1, -0.05) is 36.4 Å². The third kappa shape index (κ3) is 2.41. The molecule has 3 rings (SSSR count). The Morgan fingerprint density at radius 1 is 1.00 bits per heavy atom. The van der Waals surface area contributed by atoms with Crippen LogP contribution in [-0.2, 0) is 12.8 Å². The highest BCUT2D eigenvalue weighted by Gasteiger charge is 2.08. The lowest BCUT2D eigenvalue weighted by Gasteiger charge is -2.05. The predicted octanol–water partition coefficient (Wildman–Crippen LogP) is 4.78. The van der Waals surface area contributed by atoms with Gasteiger partial charge in [0.2, 0.25) is 0 Å². The number of nitrogens with zero attached hydrogens (tertiary/aromatic N) is 1. The standard InChI is InChI=1S/C17H17NS/c1-13-11-18(2)15-9-6-10-16(17(13)15)19-12-14-7-4-3-5-8-14/h3-11H,12H2,1-2H3. The van der Waals surface area contributed by atoms with E-state index >= 15 is 0 Å². The van der Waals surface area contributed by atoms with Crippen molar-refractivity contribution in [1.82, 2.24) is 4.57 Å². The lowest BCUT2D eigenvalue weighted by molar-refractivity contribution is 0.964. The molecule has 0 bridgehead atoms. The molecule has 0 atom stereocenters. The van der Waals surface area contributed by atoms with E-state index in [0.717, 1.165) is 5.75 Å². The van der Waals surface area contributed by atoms with Gasteiger partial charge < -0.3 is 4.57 Å². The molecule has 1 aromatic heterocycles. The van der Waals surface area contributed by atoms with Crippen molar-refractivity contribution < 1.29 is 0 Å². The Morgan fingerprint density at radius 3 is 2.58 bits per heavy atom. The topological polar surface area (TPSA) is 4.93 Å². The zero-order chi connectivity index (χ0) is 13.2. The lowest BCUT2D eigenvalue weighted by atomic mass is 10.2. The van der Waals surface area contributed by atoms with Crippen molar-refractivity contribution in [2.75, 3.05) is 0 Å². The van der Waals surface area contributed by atoms with E-state index in [2.05, 4.69) is 73.3 Å². The molecule has 0 unspecified atom stereocenters. The summed E-state index contributed by atoms with van der Waals surface area (Å²) in [4.78, 5) is 1.37. The molecule has 0 saturated carbocycles. The van der Waals surface area contributed by atoms with Crippen LogP contribution in [0.4, 0.5) is 0 Å². The average Bonchev–Trinajstić information content (AvgIpc) is 2.74. The molecule has 2 aromatic carbocycles. The van der Waals surface area contributed by atoms with Crippen LogP contribution in [0.2, 0.25) is 0 Å². The van der Waals surface area contributed by atoms with E-state index in [0.29, 0.717) is 0 Å². The number of aryl methyl sites for hydroxylation is 2. The summed E-state index contributed by atoms with van der Waals surface area (Å²) in [5, 5.41) is 1.39. The third-order valence-corrected chi connectivity index (χ3v) is 4.53. The van der Waals surface area contributed by atoms with E-state index in [1.165, 1.54) is 26.9 Å². The third-order valence-electron chi connectivity index (χ3n) is 3.40. The van der Waals surface area contributed by atoms with Gasteiger partial charge in [0.25, 0.3) is 0 Å². The summed E-state index contributed by atoms with van der Waals surface area (Å²) in [7, 11) is 2.11. The predicted molar refractivity (Wildman–Crippen MR) is 83.7 cm³/mol. The molecule has 0 fully saturated rings. The quantitative estimate of drug-likeness (QED) is 0.618. The normalized spacial score (nSPS) is 11.1. The second kappa shape index (κ2) is 5.14. The van der Waals surface area contributed by atoms with E-state index < -0.39 is 0 Å². The summed E-state index contributed by atoms with van der Waals surface area (Å²) in [6, 6.07) is 17.2. The van der Waals surface area contributed by atoms with E-state index in [1.54, 1.807) is 0 Å². The smallest absolute Gasteiger partial charge is 0.0491 e. The maximum atomic E-state index is 2.23. The average molecular weight is 267 g/mol. The second-order valence-corrected chi connectivity index (χ2v) is 5.86. The Labute approximate surface area is 118 Å². The van der Waals surface area contributed by atoms with Crippen LogP contribution in [0.25, 0.3) is 10.9 Å². The van der Waals surface area contributed by atoms with Crippen LogP contribution in [0.5, 0.6) is 0 Å². The summed E-state index contributed by atoms with van der Waals surface area (Å²) in [6.45, 7) is 2.19. The molecule has 0 aliphatic carbocycles. The zero-order valence-corrected chi connectivity index (χ0v) is 12.1. The molecule has 2 heteroatoms. The fraction of sp³-hybridized carbons (Fsp3) is 0.176. The minimum atomic E-state index is 1.02. The molecule has 96 valence electrons. The van der Waals surface area contributed by atoms with Crippen LogP contribution >= 0.6 is 11.8 Å². The van der Waals surface area contributed by atoms with Crippen molar-refractivity contribution in [3.63, 3.8) is 0 Å². The fourth-order valence-electron chi connectivity index (χ4n) is 2.49. The summed E-state index contributed by atoms with van der Waals surface area (Å²) < 4.78 is 2.21. The fourth-order valence-corrected chi connectivity index (χ4v) is 3.59. The number of fused-ring (bicyclic) bond motifs is 1. The lowest BCUT2D eigenvalue weighted by Crippen LogP contribution is -1.84. The monoisotopic (exact) mass is 267 g/mol. The Kier molecular flexibility index (Phi) is 3.34. The number of hydrogen-bond donors (Lipinski definition) is 0. The van der Waals surface area contributed by atoms with Crippen LogP contribution in [0.3, 0.4) is 0 Å². The van der Waals surface area contributed by atoms with Gasteiger partial charge >= 0.3 is 0 Å². The Bertz CT molecular complexity index is 698. The van der Waals surface area contributed by atoms with Gasteiger partial charge in [-0.15, -0.1) is 11.8 Å². The Morgan fingerprint density at radius 2 is 1.79 bits per heavy atom. The van der Waals surface area contributed by atoms with Crippen LogP contribution in [0.15, 0.2) is 59.6 Å². The maximum Gasteiger partial charge on any atom is 0.0491 e. The van der Waals surface area contributed by atoms with Gasteiger partial charge in [-0.25, -0.2) is 0 Å². The Hall–Kier alpha value is -1.67. The molecule has 0 amide bonds. The summed E-state index contributed by atoms with van der Waals surface area (Å²) >= 11 is 1.92. The zero-order valence-electron chi connectivity index (χ0n) is 11.3. The molecule has 3 aromatic rings. The van der Waals surface area contributed by atoms with Gasteiger partial charge in [-0.2, -0.15) is 0 Å². The van der Waals surface area contributed by atoms with Crippen molar-refractivity contribution in [2.45, 2.75) is 17.6 Å². The number of aromatic nitrogens is 1. The van der Waals surface area contributed by atoms with Gasteiger partial charge in [0.05, 0.1) is 0 Å². The number of thioether (sulfide) groups is 1. The largest absolute Gasteiger partial charge is 0.350 e. The Balaban J connectivity index is 1.93. The highest BCUT2D eigenvalue weighted by Crippen LogP contribution is 2.32. The van der Waals surface area contributed by atoms with E-state index in [1.807, 2.05) is 11.8 Å². The van der Waals surface area contributed by atoms with E-state index in [9.17, 15) is 0 Å². The number of rotatable bonds is 3. The van der Waals surface area contributed by atoms with Crippen molar-refractivity contribution in [3.8, 4) is 0 Å². The van der Waals surface area contributed by atoms with Crippen molar-refractivity contribution in [2.24, 2.45) is 7.05 Å². The minimum absolute atomic E-state index is 1.02. The van der Waals surface area contributed by atoms with Gasteiger partial charge in [0.1, 0.15) is 0 Å². The van der Waals surface area contributed by atoms with Gasteiger partial charge in [0.15, 0.2) is 0 Å². The molecule has 0 spiro atoms. The van der Waals surface area contributed by atoms with Gasteiger partial charge in [-0.05, 0) is 30.2 Å². The summed E-state index contributed by atoms with van der Waals surface area (Å²) in [5.74, 6) is 1.02. The molecule has 0 aliphatic heterocycles. The summed E-state index contributed by atoms with van der Waals surface area (Å²) in [6.07, 6.45) is 2.21. The first kappa shape index (κ1) is 12.4. The molecular formula is C17H17NS. The molecular weight excluding hydrogens is 250 g/mol. The van der Waals surface area contributed by atoms with Crippen LogP contribution in [-0.4, -0.2) is 4.57 Å². The first-order valence-electron chi connectivity index (χ1n) is 6.47. The first-order chi connectivity index (χ1) is 9.25. The van der Waals surface area contributed by atoms with Crippen molar-refractivity contribution >= 4 is 22.7 Å². The first-order valence-corrected chi connectivity index (χ1v) is 7.45. The molecule has 0 N–H and O–H groups in total. The minimum Gasteiger partial charge on any atom is -0.350 e. The second-order valence-electron chi connectivity index (χ2n) is 4.85. The summed E-state index contributed by atoms with van der Waals surface area (Å²) in [5.41, 5.74) is 4.04. The van der Waals surface area contributed by atoms with Gasteiger partial charge in [0, 0.05) is 34.8 Å². The van der Waals surface area contributed by atoms with Crippen LogP contribution < -0.4 is 0 Å². The van der Waals surface area contributed by atoms with Crippen LogP contribution in [0, 0.1) is 6.92 Å². The molecule has 0 saturated heterocycles. The van der Waals surface area contributed by atoms with Crippen molar-refractivity contribution in [1.29, 1.82) is 0 Å².